The van der Waals surface area contributed by atoms with Crippen LogP contribution >= 0.6 is 0 Å². The maximum absolute atomic E-state index is 14.1. The smallest absolute Gasteiger partial charge is 0.450 e. The maximum Gasteiger partial charge on any atom is 0.450 e. The number of hydrogen-bond donors (Lipinski definition) is 0. The molecule has 6 rings (SSSR count). The fourth-order valence-electron chi connectivity index (χ4n) is 4.88. The molecule has 0 aliphatic rings. The first kappa shape index (κ1) is 29.1. The minimum absolute atomic E-state index is 0.0923. The lowest BCUT2D eigenvalue weighted by Gasteiger charge is -2.13. The number of benzene rings is 4. The second kappa shape index (κ2) is 10.3. The van der Waals surface area contributed by atoms with Gasteiger partial charge in [-0.2, -0.15) is 13.2 Å². The van der Waals surface area contributed by atoms with Crippen molar-refractivity contribution < 1.29 is 39.5 Å². The van der Waals surface area contributed by atoms with Crippen molar-refractivity contribution in [1.29, 1.82) is 0 Å². The number of fused-ring (bicyclic) bond motifs is 2. The monoisotopic (exact) mass is 639 g/mol. The Morgan fingerprint density at radius 2 is 1.30 bits per heavy atom. The first-order valence-electron chi connectivity index (χ1n) is 12.8. The molecule has 2 aromatic heterocycles. The number of rotatable bonds is 7. The van der Waals surface area contributed by atoms with E-state index in [0.717, 1.165) is 34.3 Å². The fraction of sp³-hybridized carbons (Fsp3) is 0.0667. The number of imidazole rings is 1. The highest BCUT2D eigenvalue weighted by Crippen LogP contribution is 2.35. The highest BCUT2D eigenvalue weighted by atomic mass is 32.2. The first-order valence-corrected chi connectivity index (χ1v) is 15.7. The van der Waals surface area contributed by atoms with Crippen molar-refractivity contribution >= 4 is 47.8 Å². The molecule has 0 aliphatic carbocycles. The molecule has 14 heteroatoms. The third kappa shape index (κ3) is 4.72. The van der Waals surface area contributed by atoms with Crippen LogP contribution in [0.1, 0.15) is 21.9 Å². The number of ether oxygens (including phenoxy) is 1. The van der Waals surface area contributed by atoms with Crippen LogP contribution in [0.25, 0.3) is 21.9 Å². The van der Waals surface area contributed by atoms with E-state index >= 15 is 0 Å². The zero-order valence-corrected chi connectivity index (χ0v) is 24.2. The van der Waals surface area contributed by atoms with Crippen LogP contribution in [0.5, 0.6) is 5.75 Å². The average Bonchev–Trinajstić information content (AvgIpc) is 3.61. The van der Waals surface area contributed by atoms with Gasteiger partial charge in [0.15, 0.2) is 0 Å². The number of halogens is 3. The SMILES string of the molecule is COc1ccc2c(c1)cc(C(=O)c1ccc3c(c1)nc(C(F)(F)F)n3S(=O)(=O)c1ccccc1)n2S(=O)(=O)c1ccccc1. The van der Waals surface area contributed by atoms with E-state index < -0.39 is 53.8 Å². The summed E-state index contributed by atoms with van der Waals surface area (Å²) in [7, 11) is -7.66. The summed E-state index contributed by atoms with van der Waals surface area (Å²) in [6, 6.07) is 23.0. The Labute approximate surface area is 248 Å². The van der Waals surface area contributed by atoms with Crippen LogP contribution in [0.15, 0.2) is 113 Å². The number of ketones is 1. The molecule has 224 valence electrons. The first-order chi connectivity index (χ1) is 20.8. The van der Waals surface area contributed by atoms with Crippen LogP contribution in [-0.2, 0) is 26.2 Å². The minimum Gasteiger partial charge on any atom is -0.497 e. The van der Waals surface area contributed by atoms with Crippen molar-refractivity contribution in [1.82, 2.24) is 12.9 Å². The lowest BCUT2D eigenvalue weighted by atomic mass is 10.1. The molecule has 0 bridgehead atoms. The van der Waals surface area contributed by atoms with Gasteiger partial charge in [-0.15, -0.1) is 0 Å². The van der Waals surface area contributed by atoms with E-state index in [4.69, 9.17) is 4.74 Å². The Hall–Kier alpha value is -4.95. The molecule has 6 aromatic rings. The summed E-state index contributed by atoms with van der Waals surface area (Å²) in [6.07, 6.45) is -5.17. The molecule has 0 aliphatic heterocycles. The van der Waals surface area contributed by atoms with E-state index in [-0.39, 0.29) is 25.6 Å². The molecule has 44 heavy (non-hydrogen) atoms. The second-order valence-corrected chi connectivity index (χ2v) is 13.2. The predicted molar refractivity (Wildman–Crippen MR) is 155 cm³/mol. The number of hydrogen-bond acceptors (Lipinski definition) is 7. The second-order valence-electron chi connectivity index (χ2n) is 9.59. The van der Waals surface area contributed by atoms with Gasteiger partial charge in [0.05, 0.1) is 33.5 Å². The van der Waals surface area contributed by atoms with Crippen LogP contribution in [0.3, 0.4) is 0 Å². The summed E-state index contributed by atoms with van der Waals surface area (Å²) in [4.78, 5) is 17.0. The number of methoxy groups -OCH3 is 1. The molecule has 4 aromatic carbocycles. The van der Waals surface area contributed by atoms with E-state index in [2.05, 4.69) is 4.98 Å². The molecule has 0 radical (unpaired) electrons. The van der Waals surface area contributed by atoms with E-state index in [1.165, 1.54) is 73.8 Å². The van der Waals surface area contributed by atoms with Gasteiger partial charge >= 0.3 is 6.18 Å². The molecule has 0 saturated carbocycles. The summed E-state index contributed by atoms with van der Waals surface area (Å²) < 4.78 is 103. The van der Waals surface area contributed by atoms with E-state index in [9.17, 15) is 34.8 Å². The van der Waals surface area contributed by atoms with Gasteiger partial charge in [-0.25, -0.2) is 29.8 Å². The van der Waals surface area contributed by atoms with Gasteiger partial charge in [-0.05, 0) is 66.7 Å². The van der Waals surface area contributed by atoms with E-state index in [1.54, 1.807) is 6.07 Å². The van der Waals surface area contributed by atoms with Gasteiger partial charge < -0.3 is 4.74 Å². The largest absolute Gasteiger partial charge is 0.497 e. The number of carbonyl (C=O) groups is 1. The molecule has 0 unspecified atom stereocenters. The van der Waals surface area contributed by atoms with E-state index in [1.807, 2.05) is 0 Å². The average molecular weight is 640 g/mol. The molecule has 0 fully saturated rings. The van der Waals surface area contributed by atoms with Crippen LogP contribution in [0.4, 0.5) is 13.2 Å². The predicted octanol–water partition coefficient (Wildman–Crippen LogP) is 5.72. The highest BCUT2D eigenvalue weighted by Gasteiger charge is 2.41. The Balaban J connectivity index is 1.56. The van der Waals surface area contributed by atoms with E-state index in [0.29, 0.717) is 11.1 Å². The lowest BCUT2D eigenvalue weighted by Crippen LogP contribution is -2.21. The summed E-state index contributed by atoms with van der Waals surface area (Å²) in [5.74, 6) is -2.15. The summed E-state index contributed by atoms with van der Waals surface area (Å²) in [5, 5.41) is 0.353. The van der Waals surface area contributed by atoms with Crippen molar-refractivity contribution in [2.75, 3.05) is 7.11 Å². The van der Waals surface area contributed by atoms with Crippen molar-refractivity contribution in [3.05, 3.63) is 120 Å². The topological polar surface area (TPSA) is 117 Å². The Bertz CT molecular complexity index is 2300. The molecule has 2 heterocycles. The van der Waals surface area contributed by atoms with Crippen molar-refractivity contribution in [3.63, 3.8) is 0 Å². The summed E-state index contributed by atoms with van der Waals surface area (Å²) in [5.41, 5.74) is -1.20. The van der Waals surface area contributed by atoms with Gasteiger partial charge in [0.2, 0.25) is 11.6 Å². The Kier molecular flexibility index (Phi) is 6.85. The van der Waals surface area contributed by atoms with Crippen molar-refractivity contribution in [3.8, 4) is 5.75 Å². The summed E-state index contributed by atoms with van der Waals surface area (Å²) in [6.45, 7) is 0. The molecule has 0 spiro atoms. The van der Waals surface area contributed by atoms with Gasteiger partial charge in [0.1, 0.15) is 11.4 Å². The minimum atomic E-state index is -5.17. The molecular weight excluding hydrogens is 619 g/mol. The van der Waals surface area contributed by atoms with Crippen LogP contribution in [0, 0.1) is 0 Å². The molecule has 0 saturated heterocycles. The maximum atomic E-state index is 14.1. The Morgan fingerprint density at radius 3 is 1.86 bits per heavy atom. The number of nitrogens with zero attached hydrogens (tertiary/aromatic N) is 3. The van der Waals surface area contributed by atoms with Crippen LogP contribution < -0.4 is 4.74 Å². The Morgan fingerprint density at radius 1 is 0.727 bits per heavy atom. The third-order valence-corrected chi connectivity index (χ3v) is 10.3. The van der Waals surface area contributed by atoms with Gasteiger partial charge in [-0.1, -0.05) is 36.4 Å². The van der Waals surface area contributed by atoms with Crippen molar-refractivity contribution in [2.24, 2.45) is 0 Å². The molecule has 0 N–H and O–H groups in total. The number of aromatic nitrogens is 3. The normalized spacial score (nSPS) is 12.5. The third-order valence-electron chi connectivity index (χ3n) is 6.89. The van der Waals surface area contributed by atoms with Crippen LogP contribution in [0.2, 0.25) is 0 Å². The quantitative estimate of drug-likeness (QED) is 0.205. The summed E-state index contributed by atoms with van der Waals surface area (Å²) >= 11 is 0. The standard InChI is InChI=1S/C30H20F3N3O6S2/c1-42-21-13-15-25-20(16-21)18-27(35(25)43(38,39)22-8-4-2-5-9-22)28(37)19-12-14-26-24(17-19)34-29(30(31,32)33)36(26)44(40,41)23-10-6-3-7-11-23/h2-18H,1H3. The van der Waals surface area contributed by atoms with Crippen LogP contribution in [-0.4, -0.2) is 42.7 Å². The fourth-order valence-corrected chi connectivity index (χ4v) is 7.91. The zero-order chi connectivity index (χ0) is 31.4. The lowest BCUT2D eigenvalue weighted by molar-refractivity contribution is -0.145. The van der Waals surface area contributed by atoms with Gasteiger partial charge in [0, 0.05) is 10.9 Å². The molecule has 0 amide bonds. The molecule has 0 atom stereocenters. The van der Waals surface area contributed by atoms with Crippen molar-refractivity contribution in [2.45, 2.75) is 16.0 Å². The molecular formula is C30H20F3N3O6S2. The molecule has 9 nitrogen and oxygen atoms in total. The highest BCUT2D eigenvalue weighted by molar-refractivity contribution is 7.90. The number of carbonyl (C=O) groups excluding carboxylic acids is 1. The van der Waals surface area contributed by atoms with Gasteiger partial charge in [-0.3, -0.25) is 4.79 Å². The zero-order valence-electron chi connectivity index (χ0n) is 22.6. The van der Waals surface area contributed by atoms with Gasteiger partial charge in [0.25, 0.3) is 20.0 Å². The number of alkyl halides is 3.